The maximum absolute atomic E-state index is 12.6. The largest absolute Gasteiger partial charge is 0.459 e. The molecular weight excluding hydrogens is 356 g/mol. The standard InChI is InChI=1S/C18H22N2O5S/c21-18(25-12-14-5-4-10-24-14)13-7-8-15-16(11-13)26(22,23)19-17-6-2-1-3-9-20(15)17/h7-8,11,14H,1-6,9-10,12H2. The lowest BCUT2D eigenvalue weighted by Gasteiger charge is -2.29. The number of ether oxygens (including phenoxy) is 2. The molecule has 3 aliphatic rings. The summed E-state index contributed by atoms with van der Waals surface area (Å²) in [6, 6.07) is 4.70. The summed E-state index contributed by atoms with van der Waals surface area (Å²) in [6.45, 7) is 1.62. The highest BCUT2D eigenvalue weighted by atomic mass is 32.2. The summed E-state index contributed by atoms with van der Waals surface area (Å²) < 4.78 is 39.9. The van der Waals surface area contributed by atoms with E-state index in [4.69, 9.17) is 9.47 Å². The maximum atomic E-state index is 12.6. The second-order valence-electron chi connectivity index (χ2n) is 6.86. The molecule has 3 aliphatic heterocycles. The minimum Gasteiger partial charge on any atom is -0.459 e. The van der Waals surface area contributed by atoms with Crippen molar-refractivity contribution in [3.05, 3.63) is 23.8 Å². The predicted molar refractivity (Wildman–Crippen MR) is 96.1 cm³/mol. The third-order valence-electron chi connectivity index (χ3n) is 5.01. The first-order valence-corrected chi connectivity index (χ1v) is 10.5. The molecule has 1 unspecified atom stereocenters. The zero-order chi connectivity index (χ0) is 18.1. The van der Waals surface area contributed by atoms with Crippen molar-refractivity contribution in [3.63, 3.8) is 0 Å². The average Bonchev–Trinajstić information content (AvgIpc) is 3.04. The minimum absolute atomic E-state index is 0.0652. The van der Waals surface area contributed by atoms with Gasteiger partial charge in [0.1, 0.15) is 17.3 Å². The van der Waals surface area contributed by atoms with E-state index in [-0.39, 0.29) is 23.2 Å². The third-order valence-corrected chi connectivity index (χ3v) is 6.34. The Kier molecular flexibility index (Phi) is 4.71. The van der Waals surface area contributed by atoms with Crippen LogP contribution in [0.4, 0.5) is 5.69 Å². The molecule has 0 aromatic heterocycles. The highest BCUT2D eigenvalue weighted by Gasteiger charge is 2.32. The van der Waals surface area contributed by atoms with Gasteiger partial charge in [-0.3, -0.25) is 0 Å². The molecule has 0 N–H and O–H groups in total. The molecule has 140 valence electrons. The fourth-order valence-electron chi connectivity index (χ4n) is 3.63. The van der Waals surface area contributed by atoms with Crippen LogP contribution in [0.15, 0.2) is 27.5 Å². The molecule has 0 aliphatic carbocycles. The van der Waals surface area contributed by atoms with Gasteiger partial charge in [-0.1, -0.05) is 6.42 Å². The number of hydrogen-bond acceptors (Lipinski definition) is 6. The molecule has 0 saturated carbocycles. The van der Waals surface area contributed by atoms with Crippen molar-refractivity contribution >= 4 is 27.5 Å². The number of anilines is 1. The van der Waals surface area contributed by atoms with Gasteiger partial charge in [-0.05, 0) is 43.9 Å². The second-order valence-corrected chi connectivity index (χ2v) is 8.43. The number of hydrogen-bond donors (Lipinski definition) is 0. The van der Waals surface area contributed by atoms with E-state index in [2.05, 4.69) is 4.40 Å². The van der Waals surface area contributed by atoms with Crippen LogP contribution < -0.4 is 4.90 Å². The molecule has 3 heterocycles. The molecular formula is C18H22N2O5S. The van der Waals surface area contributed by atoms with Crippen molar-refractivity contribution in [2.75, 3.05) is 24.7 Å². The lowest BCUT2D eigenvalue weighted by atomic mass is 10.1. The fourth-order valence-corrected chi connectivity index (χ4v) is 4.92. The van der Waals surface area contributed by atoms with Crippen molar-refractivity contribution in [1.29, 1.82) is 0 Å². The van der Waals surface area contributed by atoms with Crippen LogP contribution in [0.25, 0.3) is 0 Å². The van der Waals surface area contributed by atoms with Gasteiger partial charge in [-0.15, -0.1) is 4.40 Å². The molecule has 0 spiro atoms. The van der Waals surface area contributed by atoms with Gasteiger partial charge in [0.15, 0.2) is 0 Å². The topological polar surface area (TPSA) is 85.3 Å². The molecule has 2 fully saturated rings. The van der Waals surface area contributed by atoms with Crippen LogP contribution >= 0.6 is 0 Å². The maximum Gasteiger partial charge on any atom is 0.338 e. The summed E-state index contributed by atoms with van der Waals surface area (Å²) in [5.74, 6) is 0.0628. The van der Waals surface area contributed by atoms with E-state index < -0.39 is 16.0 Å². The first kappa shape index (κ1) is 17.5. The molecule has 2 saturated heterocycles. The smallest absolute Gasteiger partial charge is 0.338 e. The zero-order valence-corrected chi connectivity index (χ0v) is 15.3. The number of carbonyl (C=O) groups excluding carboxylic acids is 1. The van der Waals surface area contributed by atoms with Gasteiger partial charge in [0.2, 0.25) is 0 Å². The van der Waals surface area contributed by atoms with Gasteiger partial charge < -0.3 is 14.4 Å². The molecule has 1 aromatic carbocycles. The number of esters is 1. The summed E-state index contributed by atoms with van der Waals surface area (Å²) in [6.07, 6.45) is 5.41. The number of sulfonamides is 1. The van der Waals surface area contributed by atoms with E-state index >= 15 is 0 Å². The van der Waals surface area contributed by atoms with E-state index in [1.165, 1.54) is 6.07 Å². The normalized spacial score (nSPS) is 24.2. The molecule has 0 bridgehead atoms. The Morgan fingerprint density at radius 2 is 2.15 bits per heavy atom. The van der Waals surface area contributed by atoms with Gasteiger partial charge in [0, 0.05) is 19.6 Å². The number of amidine groups is 1. The van der Waals surface area contributed by atoms with E-state index in [1.54, 1.807) is 12.1 Å². The van der Waals surface area contributed by atoms with Crippen LogP contribution in [0.2, 0.25) is 0 Å². The molecule has 7 nitrogen and oxygen atoms in total. The van der Waals surface area contributed by atoms with Crippen LogP contribution in [0.5, 0.6) is 0 Å². The summed E-state index contributed by atoms with van der Waals surface area (Å²) in [5, 5.41) is 0. The number of fused-ring (bicyclic) bond motifs is 3. The van der Waals surface area contributed by atoms with Crippen molar-refractivity contribution in [1.82, 2.24) is 0 Å². The number of carbonyl (C=O) groups is 1. The van der Waals surface area contributed by atoms with Gasteiger partial charge in [-0.2, -0.15) is 8.42 Å². The summed E-state index contributed by atoms with van der Waals surface area (Å²) in [7, 11) is -3.80. The molecule has 1 atom stereocenters. The highest BCUT2D eigenvalue weighted by molar-refractivity contribution is 7.90. The van der Waals surface area contributed by atoms with Crippen molar-refractivity contribution in [2.24, 2.45) is 4.40 Å². The Hall–Kier alpha value is -1.93. The quantitative estimate of drug-likeness (QED) is 0.752. The minimum atomic E-state index is -3.80. The third kappa shape index (κ3) is 3.35. The van der Waals surface area contributed by atoms with Crippen LogP contribution in [-0.4, -0.2) is 46.1 Å². The highest BCUT2D eigenvalue weighted by Crippen LogP contribution is 2.35. The van der Waals surface area contributed by atoms with Gasteiger partial charge in [0.05, 0.1) is 17.4 Å². The first-order valence-electron chi connectivity index (χ1n) is 9.09. The predicted octanol–water partition coefficient (Wildman–Crippen LogP) is 2.50. The van der Waals surface area contributed by atoms with Gasteiger partial charge >= 0.3 is 5.97 Å². The summed E-state index contributed by atoms with van der Waals surface area (Å²) >= 11 is 0. The average molecular weight is 378 g/mol. The van der Waals surface area contributed by atoms with Crippen LogP contribution in [-0.2, 0) is 19.5 Å². The second kappa shape index (κ2) is 7.00. The molecule has 1 aromatic rings. The first-order chi connectivity index (χ1) is 12.5. The SMILES string of the molecule is O=C(OCC1CCCO1)c1ccc2c(c1)S(=O)(=O)N=C1CCCCCN12. The Morgan fingerprint density at radius 1 is 1.27 bits per heavy atom. The van der Waals surface area contributed by atoms with Crippen LogP contribution in [0.1, 0.15) is 48.9 Å². The number of benzene rings is 1. The Balaban J connectivity index is 1.59. The fraction of sp³-hybridized carbons (Fsp3) is 0.556. The van der Waals surface area contributed by atoms with E-state index in [0.717, 1.165) is 38.6 Å². The monoisotopic (exact) mass is 378 g/mol. The summed E-state index contributed by atoms with van der Waals surface area (Å²) in [5.41, 5.74) is 0.825. The molecule has 0 radical (unpaired) electrons. The molecule has 4 rings (SSSR count). The van der Waals surface area contributed by atoms with Crippen molar-refractivity contribution in [3.8, 4) is 0 Å². The van der Waals surface area contributed by atoms with Crippen LogP contribution in [0, 0.1) is 0 Å². The zero-order valence-electron chi connectivity index (χ0n) is 14.5. The van der Waals surface area contributed by atoms with Gasteiger partial charge in [0.25, 0.3) is 10.0 Å². The number of nitrogens with zero attached hydrogens (tertiary/aromatic N) is 2. The lowest BCUT2D eigenvalue weighted by Crippen LogP contribution is -2.35. The molecule has 26 heavy (non-hydrogen) atoms. The molecule has 8 heteroatoms. The Morgan fingerprint density at radius 3 is 2.96 bits per heavy atom. The van der Waals surface area contributed by atoms with Crippen LogP contribution in [0.3, 0.4) is 0 Å². The molecule has 0 amide bonds. The van der Waals surface area contributed by atoms with Crippen molar-refractivity contribution < 1.29 is 22.7 Å². The van der Waals surface area contributed by atoms with E-state index in [1.807, 2.05) is 4.90 Å². The Bertz CT molecular complexity index is 843. The van der Waals surface area contributed by atoms with Crippen molar-refractivity contribution in [2.45, 2.75) is 49.5 Å². The van der Waals surface area contributed by atoms with E-state index in [0.29, 0.717) is 24.6 Å². The lowest BCUT2D eigenvalue weighted by molar-refractivity contribution is 0.0161. The number of rotatable bonds is 3. The Labute approximate surface area is 153 Å². The summed E-state index contributed by atoms with van der Waals surface area (Å²) in [4.78, 5) is 14.4. The van der Waals surface area contributed by atoms with Gasteiger partial charge in [-0.25, -0.2) is 4.79 Å². The van der Waals surface area contributed by atoms with E-state index in [9.17, 15) is 13.2 Å².